The number of hydrogen-bond acceptors (Lipinski definition) is 2. The molecule has 0 aromatic heterocycles. The maximum absolute atomic E-state index is 13.0. The molecule has 0 saturated heterocycles. The fourth-order valence-electron chi connectivity index (χ4n) is 1.72. The minimum absolute atomic E-state index is 0.119. The zero-order valence-corrected chi connectivity index (χ0v) is 12.5. The molecule has 2 rings (SSSR count). The summed E-state index contributed by atoms with van der Waals surface area (Å²) < 4.78 is 13.0. The van der Waals surface area contributed by atoms with Gasteiger partial charge in [-0.2, -0.15) is 0 Å². The highest BCUT2D eigenvalue weighted by molar-refractivity contribution is 6.31. The summed E-state index contributed by atoms with van der Waals surface area (Å²) in [5.74, 6) is -0.412. The molecule has 2 nitrogen and oxygen atoms in total. The van der Waals surface area contributed by atoms with Crippen LogP contribution < -0.4 is 10.6 Å². The van der Waals surface area contributed by atoms with E-state index in [1.807, 2.05) is 25.1 Å². The Bertz CT molecular complexity index is 549. The van der Waals surface area contributed by atoms with Gasteiger partial charge in [-0.3, -0.25) is 0 Å². The van der Waals surface area contributed by atoms with E-state index < -0.39 is 5.82 Å². The third-order valence-corrected chi connectivity index (χ3v) is 3.57. The first-order valence-electron chi connectivity index (χ1n) is 6.25. The summed E-state index contributed by atoms with van der Waals surface area (Å²) in [6, 6.07) is 10.4. The normalized spacial score (nSPS) is 10.4. The maximum Gasteiger partial charge on any atom is 0.141 e. The van der Waals surface area contributed by atoms with Crippen LogP contribution in [0.1, 0.15) is 5.56 Å². The first-order chi connectivity index (χ1) is 9.56. The third kappa shape index (κ3) is 4.02. The van der Waals surface area contributed by atoms with Gasteiger partial charge in [0.15, 0.2) is 0 Å². The topological polar surface area (TPSA) is 24.1 Å². The van der Waals surface area contributed by atoms with Gasteiger partial charge >= 0.3 is 0 Å². The number of benzene rings is 2. The van der Waals surface area contributed by atoms with Crippen LogP contribution in [0, 0.1) is 12.7 Å². The van der Waals surface area contributed by atoms with Gasteiger partial charge in [0, 0.05) is 29.5 Å². The van der Waals surface area contributed by atoms with Gasteiger partial charge < -0.3 is 10.6 Å². The fourth-order valence-corrected chi connectivity index (χ4v) is 2.08. The Hall–Kier alpha value is -1.45. The number of rotatable bonds is 5. The van der Waals surface area contributed by atoms with Gasteiger partial charge in [-0.1, -0.05) is 29.3 Å². The van der Waals surface area contributed by atoms with Crippen LogP contribution in [0.3, 0.4) is 0 Å². The molecule has 2 N–H and O–H groups in total. The van der Waals surface area contributed by atoms with Crippen molar-refractivity contribution >= 4 is 34.6 Å². The minimum Gasteiger partial charge on any atom is -0.383 e. The van der Waals surface area contributed by atoms with Crippen LogP contribution in [-0.4, -0.2) is 13.1 Å². The van der Waals surface area contributed by atoms with Gasteiger partial charge in [-0.15, -0.1) is 0 Å². The van der Waals surface area contributed by atoms with Crippen LogP contribution in [0.2, 0.25) is 10.0 Å². The number of anilines is 2. The number of hydrogen-bond donors (Lipinski definition) is 2. The first-order valence-corrected chi connectivity index (χ1v) is 7.01. The molecule has 0 amide bonds. The Morgan fingerprint density at radius 2 is 1.45 bits per heavy atom. The molecule has 0 unspecified atom stereocenters. The second-order valence-corrected chi connectivity index (χ2v) is 5.26. The fraction of sp³-hybridized carbons (Fsp3) is 0.200. The highest BCUT2D eigenvalue weighted by atomic mass is 35.5. The average Bonchev–Trinajstić information content (AvgIpc) is 2.42. The van der Waals surface area contributed by atoms with E-state index in [4.69, 9.17) is 23.2 Å². The summed E-state index contributed by atoms with van der Waals surface area (Å²) in [5.41, 5.74) is 2.82. The molecule has 0 spiro atoms. The van der Waals surface area contributed by atoms with Gasteiger partial charge in [0.05, 0.1) is 5.02 Å². The van der Waals surface area contributed by atoms with Crippen LogP contribution in [0.15, 0.2) is 36.4 Å². The molecular formula is C15H15Cl2FN2. The third-order valence-electron chi connectivity index (χ3n) is 2.87. The van der Waals surface area contributed by atoms with Crippen molar-refractivity contribution in [3.63, 3.8) is 0 Å². The van der Waals surface area contributed by atoms with E-state index in [0.29, 0.717) is 13.1 Å². The Labute approximate surface area is 127 Å². The Morgan fingerprint density at radius 3 is 2.00 bits per heavy atom. The SMILES string of the molecule is Cc1ccc(NCCNc2ccc(F)c(Cl)c2)cc1Cl. The van der Waals surface area contributed by atoms with Crippen molar-refractivity contribution in [3.8, 4) is 0 Å². The van der Waals surface area contributed by atoms with E-state index in [9.17, 15) is 4.39 Å². The van der Waals surface area contributed by atoms with Gasteiger partial charge in [0.25, 0.3) is 0 Å². The highest BCUT2D eigenvalue weighted by Gasteiger charge is 2.00. The molecule has 0 aliphatic rings. The van der Waals surface area contributed by atoms with Crippen molar-refractivity contribution in [1.29, 1.82) is 0 Å². The molecule has 0 saturated carbocycles. The van der Waals surface area contributed by atoms with Crippen molar-refractivity contribution in [2.75, 3.05) is 23.7 Å². The predicted octanol–water partition coefficient (Wildman–Crippen LogP) is 4.96. The quantitative estimate of drug-likeness (QED) is 0.762. The van der Waals surface area contributed by atoms with E-state index in [-0.39, 0.29) is 5.02 Å². The molecule has 0 aliphatic heterocycles. The monoisotopic (exact) mass is 312 g/mol. The van der Waals surface area contributed by atoms with Gasteiger partial charge in [0.1, 0.15) is 5.82 Å². The van der Waals surface area contributed by atoms with Gasteiger partial charge in [-0.25, -0.2) is 4.39 Å². The van der Waals surface area contributed by atoms with Crippen molar-refractivity contribution in [1.82, 2.24) is 0 Å². The van der Waals surface area contributed by atoms with E-state index >= 15 is 0 Å². The number of halogens is 3. The molecule has 0 bridgehead atoms. The Morgan fingerprint density at radius 1 is 0.900 bits per heavy atom. The molecular weight excluding hydrogens is 298 g/mol. The molecule has 2 aromatic carbocycles. The van der Waals surface area contributed by atoms with Crippen molar-refractivity contribution in [2.24, 2.45) is 0 Å². The highest BCUT2D eigenvalue weighted by Crippen LogP contribution is 2.20. The largest absolute Gasteiger partial charge is 0.383 e. The minimum atomic E-state index is -0.412. The van der Waals surface area contributed by atoms with E-state index in [0.717, 1.165) is 22.0 Å². The summed E-state index contributed by atoms with van der Waals surface area (Å²) in [6.45, 7) is 3.37. The van der Waals surface area contributed by atoms with Crippen LogP contribution >= 0.6 is 23.2 Å². The van der Waals surface area contributed by atoms with Crippen LogP contribution in [0.4, 0.5) is 15.8 Å². The molecule has 2 aromatic rings. The molecule has 5 heteroatoms. The lowest BCUT2D eigenvalue weighted by Crippen LogP contribution is -2.13. The first kappa shape index (κ1) is 14.9. The molecule has 106 valence electrons. The second-order valence-electron chi connectivity index (χ2n) is 4.45. The number of nitrogens with one attached hydrogen (secondary N) is 2. The average molecular weight is 313 g/mol. The summed E-state index contributed by atoms with van der Waals surface area (Å²) in [7, 11) is 0. The second kappa shape index (κ2) is 6.82. The molecule has 0 fully saturated rings. The lowest BCUT2D eigenvalue weighted by Gasteiger charge is -2.10. The smallest absolute Gasteiger partial charge is 0.141 e. The van der Waals surface area contributed by atoms with E-state index in [1.54, 1.807) is 12.1 Å². The van der Waals surface area contributed by atoms with Crippen molar-refractivity contribution in [2.45, 2.75) is 6.92 Å². The summed E-state index contributed by atoms with van der Waals surface area (Å²) in [4.78, 5) is 0. The summed E-state index contributed by atoms with van der Waals surface area (Å²) >= 11 is 11.8. The molecule has 0 heterocycles. The molecule has 0 atom stereocenters. The van der Waals surface area contributed by atoms with Crippen LogP contribution in [0.5, 0.6) is 0 Å². The zero-order chi connectivity index (χ0) is 14.5. The van der Waals surface area contributed by atoms with E-state index in [1.165, 1.54) is 6.07 Å². The standard InChI is InChI=1S/C15H15Cl2FN2/c1-10-2-3-11(8-13(10)16)19-6-7-20-12-4-5-15(18)14(17)9-12/h2-5,8-9,19-20H,6-7H2,1H3. The Balaban J connectivity index is 1.81. The number of aryl methyl sites for hydroxylation is 1. The zero-order valence-electron chi connectivity index (χ0n) is 11.0. The van der Waals surface area contributed by atoms with Crippen LogP contribution in [-0.2, 0) is 0 Å². The lowest BCUT2D eigenvalue weighted by atomic mass is 10.2. The van der Waals surface area contributed by atoms with Crippen molar-refractivity contribution in [3.05, 3.63) is 57.8 Å². The molecule has 0 aliphatic carbocycles. The van der Waals surface area contributed by atoms with E-state index in [2.05, 4.69) is 10.6 Å². The summed E-state index contributed by atoms with van der Waals surface area (Å²) in [6.07, 6.45) is 0. The summed E-state index contributed by atoms with van der Waals surface area (Å²) in [5, 5.41) is 7.28. The Kier molecular flexibility index (Phi) is 5.10. The maximum atomic E-state index is 13.0. The van der Waals surface area contributed by atoms with Crippen LogP contribution in [0.25, 0.3) is 0 Å². The van der Waals surface area contributed by atoms with Gasteiger partial charge in [-0.05, 0) is 42.8 Å². The lowest BCUT2D eigenvalue weighted by molar-refractivity contribution is 0.628. The van der Waals surface area contributed by atoms with Crippen molar-refractivity contribution < 1.29 is 4.39 Å². The predicted molar refractivity (Wildman–Crippen MR) is 84.6 cm³/mol. The van der Waals surface area contributed by atoms with Gasteiger partial charge in [0.2, 0.25) is 0 Å². The molecule has 20 heavy (non-hydrogen) atoms. The molecule has 0 radical (unpaired) electrons.